The van der Waals surface area contributed by atoms with Crippen molar-refractivity contribution >= 4 is 5.97 Å². The largest absolute Gasteiger partial charge is 0.479 e. The normalized spacial score (nSPS) is 12.4. The van der Waals surface area contributed by atoms with Gasteiger partial charge in [0.1, 0.15) is 0 Å². The van der Waals surface area contributed by atoms with Crippen LogP contribution in [0.2, 0.25) is 0 Å². The fourth-order valence-corrected chi connectivity index (χ4v) is 2.02. The van der Waals surface area contributed by atoms with Gasteiger partial charge < -0.3 is 5.11 Å². The maximum absolute atomic E-state index is 11.5. The minimum atomic E-state index is -0.896. The van der Waals surface area contributed by atoms with Gasteiger partial charge in [0.2, 0.25) is 0 Å². The van der Waals surface area contributed by atoms with Crippen molar-refractivity contribution in [3.63, 3.8) is 0 Å². The van der Waals surface area contributed by atoms with Crippen LogP contribution in [0.25, 0.3) is 0 Å². The molecule has 0 radical (unpaired) electrons. The second-order valence-corrected chi connectivity index (χ2v) is 4.39. The summed E-state index contributed by atoms with van der Waals surface area (Å²) in [4.78, 5) is 11.5. The third-order valence-corrected chi connectivity index (χ3v) is 3.28. The van der Waals surface area contributed by atoms with Crippen LogP contribution in [0, 0.1) is 20.8 Å². The van der Waals surface area contributed by atoms with Gasteiger partial charge in [-0.1, -0.05) is 30.3 Å². The number of carboxylic acid groups (broad SMARTS) is 1. The van der Waals surface area contributed by atoms with E-state index in [4.69, 9.17) is 0 Å². The van der Waals surface area contributed by atoms with Crippen LogP contribution in [0.4, 0.5) is 0 Å². The van der Waals surface area contributed by atoms with Gasteiger partial charge in [-0.25, -0.2) is 4.79 Å². The quantitative estimate of drug-likeness (QED) is 0.902. The highest BCUT2D eigenvalue weighted by molar-refractivity contribution is 5.76. The summed E-state index contributed by atoms with van der Waals surface area (Å²) >= 11 is 0. The summed E-state index contributed by atoms with van der Waals surface area (Å²) in [5.41, 5.74) is 3.53. The zero-order chi connectivity index (χ0) is 13.3. The van der Waals surface area contributed by atoms with Crippen LogP contribution in [0.5, 0.6) is 0 Å². The Morgan fingerprint density at radius 1 is 1.22 bits per heavy atom. The summed E-state index contributed by atoms with van der Waals surface area (Å²) in [7, 11) is 0. The summed E-state index contributed by atoms with van der Waals surface area (Å²) in [6.07, 6.45) is 0. The Morgan fingerprint density at radius 2 is 1.83 bits per heavy atom. The molecule has 0 aliphatic heterocycles. The van der Waals surface area contributed by atoms with Crippen LogP contribution >= 0.6 is 0 Å². The molecule has 0 saturated heterocycles. The number of benzene rings is 1. The van der Waals surface area contributed by atoms with Crippen LogP contribution in [-0.2, 0) is 4.79 Å². The number of carboxylic acids is 1. The molecule has 1 N–H and O–H groups in total. The van der Waals surface area contributed by atoms with Crippen molar-refractivity contribution in [3.05, 3.63) is 52.8 Å². The molecule has 0 spiro atoms. The molecular weight excluding hydrogens is 228 g/mol. The molecule has 2 rings (SSSR count). The average molecular weight is 244 g/mol. The van der Waals surface area contributed by atoms with E-state index in [9.17, 15) is 9.90 Å². The first-order valence-corrected chi connectivity index (χ1v) is 5.82. The van der Waals surface area contributed by atoms with Gasteiger partial charge in [-0.05, 0) is 31.9 Å². The van der Waals surface area contributed by atoms with Crippen molar-refractivity contribution in [2.75, 3.05) is 0 Å². The van der Waals surface area contributed by atoms with Gasteiger partial charge in [0, 0.05) is 5.69 Å². The molecule has 0 aliphatic carbocycles. The molecule has 4 heteroatoms. The van der Waals surface area contributed by atoms with Crippen molar-refractivity contribution < 1.29 is 9.90 Å². The number of carbonyl (C=O) groups is 1. The molecule has 4 nitrogen and oxygen atoms in total. The topological polar surface area (TPSA) is 55.1 Å². The second kappa shape index (κ2) is 4.64. The second-order valence-electron chi connectivity index (χ2n) is 4.39. The lowest BCUT2D eigenvalue weighted by atomic mass is 10.1. The maximum atomic E-state index is 11.5. The third kappa shape index (κ3) is 2.01. The lowest BCUT2D eigenvalue weighted by Gasteiger charge is -2.15. The molecule has 1 aromatic carbocycles. The first-order chi connectivity index (χ1) is 8.52. The molecule has 0 bridgehead atoms. The molecule has 18 heavy (non-hydrogen) atoms. The van der Waals surface area contributed by atoms with Gasteiger partial charge in [0.25, 0.3) is 0 Å². The Hall–Kier alpha value is -2.10. The molecule has 0 fully saturated rings. The van der Waals surface area contributed by atoms with E-state index in [-0.39, 0.29) is 0 Å². The third-order valence-electron chi connectivity index (χ3n) is 3.28. The van der Waals surface area contributed by atoms with E-state index in [0.29, 0.717) is 0 Å². The van der Waals surface area contributed by atoms with Crippen LogP contribution < -0.4 is 0 Å². The van der Waals surface area contributed by atoms with Crippen molar-refractivity contribution in [3.8, 4) is 0 Å². The Bertz CT molecular complexity index is 573. The van der Waals surface area contributed by atoms with Crippen molar-refractivity contribution in [2.24, 2.45) is 0 Å². The average Bonchev–Trinajstić information content (AvgIpc) is 2.59. The maximum Gasteiger partial charge on any atom is 0.333 e. The number of aryl methyl sites for hydroxylation is 1. The Labute approximate surface area is 106 Å². The number of rotatable bonds is 3. The Kier molecular flexibility index (Phi) is 3.19. The van der Waals surface area contributed by atoms with Gasteiger partial charge in [0.05, 0.1) is 5.69 Å². The minimum absolute atomic E-state index is 0.732. The fraction of sp³-hybridized carbons (Fsp3) is 0.286. The summed E-state index contributed by atoms with van der Waals surface area (Å²) in [6, 6.07) is 8.40. The van der Waals surface area contributed by atoms with Gasteiger partial charge in [-0.2, -0.15) is 5.10 Å². The van der Waals surface area contributed by atoms with Crippen molar-refractivity contribution in [2.45, 2.75) is 26.8 Å². The Balaban J connectivity index is 2.56. The molecule has 1 atom stereocenters. The minimum Gasteiger partial charge on any atom is -0.479 e. The van der Waals surface area contributed by atoms with Crippen molar-refractivity contribution in [1.29, 1.82) is 0 Å². The number of hydrogen-bond acceptors (Lipinski definition) is 2. The zero-order valence-corrected chi connectivity index (χ0v) is 10.7. The SMILES string of the molecule is Cc1nn(C(C(=O)O)c2ccccc2)c(C)c1C. The highest BCUT2D eigenvalue weighted by Crippen LogP contribution is 2.22. The van der Waals surface area contributed by atoms with E-state index >= 15 is 0 Å². The van der Waals surface area contributed by atoms with Gasteiger partial charge >= 0.3 is 5.97 Å². The number of aliphatic carboxylic acids is 1. The summed E-state index contributed by atoms with van der Waals surface area (Å²) in [6.45, 7) is 5.75. The zero-order valence-electron chi connectivity index (χ0n) is 10.7. The van der Waals surface area contributed by atoms with Gasteiger partial charge in [0.15, 0.2) is 6.04 Å². The number of nitrogens with zero attached hydrogens (tertiary/aromatic N) is 2. The lowest BCUT2D eigenvalue weighted by Crippen LogP contribution is -2.22. The smallest absolute Gasteiger partial charge is 0.333 e. The van der Waals surface area contributed by atoms with E-state index in [1.54, 1.807) is 4.68 Å². The molecule has 0 saturated carbocycles. The fourth-order valence-electron chi connectivity index (χ4n) is 2.02. The van der Waals surface area contributed by atoms with Crippen LogP contribution in [0.1, 0.15) is 28.6 Å². The number of hydrogen-bond donors (Lipinski definition) is 1. The van der Waals surface area contributed by atoms with Crippen molar-refractivity contribution in [1.82, 2.24) is 9.78 Å². The van der Waals surface area contributed by atoms with E-state index < -0.39 is 12.0 Å². The van der Waals surface area contributed by atoms with E-state index in [1.165, 1.54) is 0 Å². The molecule has 0 amide bonds. The van der Waals surface area contributed by atoms with Gasteiger partial charge in [-0.3, -0.25) is 4.68 Å². The summed E-state index contributed by atoms with van der Waals surface area (Å²) in [5.74, 6) is -0.896. The highest BCUT2D eigenvalue weighted by Gasteiger charge is 2.25. The van der Waals surface area contributed by atoms with E-state index in [0.717, 1.165) is 22.5 Å². The number of aromatic nitrogens is 2. The molecule has 0 aliphatic rings. The molecule has 1 heterocycles. The van der Waals surface area contributed by atoms with Crippen LogP contribution in [0.15, 0.2) is 30.3 Å². The highest BCUT2D eigenvalue weighted by atomic mass is 16.4. The van der Waals surface area contributed by atoms with Crippen LogP contribution in [-0.4, -0.2) is 20.9 Å². The predicted molar refractivity (Wildman–Crippen MR) is 68.7 cm³/mol. The molecular formula is C14H16N2O2. The summed E-state index contributed by atoms with van der Waals surface area (Å²) in [5, 5.41) is 13.8. The first-order valence-electron chi connectivity index (χ1n) is 5.82. The first kappa shape index (κ1) is 12.4. The van der Waals surface area contributed by atoms with E-state index in [2.05, 4.69) is 5.10 Å². The molecule has 1 aromatic heterocycles. The van der Waals surface area contributed by atoms with Crippen LogP contribution in [0.3, 0.4) is 0 Å². The summed E-state index contributed by atoms with van der Waals surface area (Å²) < 4.78 is 1.59. The van der Waals surface area contributed by atoms with E-state index in [1.807, 2.05) is 51.1 Å². The Morgan fingerprint density at radius 3 is 2.28 bits per heavy atom. The monoisotopic (exact) mass is 244 g/mol. The lowest BCUT2D eigenvalue weighted by molar-refractivity contribution is -0.139. The standard InChI is InChI=1S/C14H16N2O2/c1-9-10(2)15-16(11(9)3)13(14(17)18)12-7-5-4-6-8-12/h4-8,13H,1-3H3,(H,17,18). The molecule has 1 unspecified atom stereocenters. The predicted octanol–water partition coefficient (Wildman–Crippen LogP) is 2.48. The molecule has 2 aromatic rings. The molecule has 94 valence electrons. The van der Waals surface area contributed by atoms with Gasteiger partial charge in [-0.15, -0.1) is 0 Å².